The lowest BCUT2D eigenvalue weighted by molar-refractivity contribution is 0.0985. The molecule has 1 saturated heterocycles. The van der Waals surface area contributed by atoms with Crippen LogP contribution < -0.4 is 10.6 Å². The molecule has 2 aromatic carbocycles. The smallest absolute Gasteiger partial charge is 0.192 e. The highest BCUT2D eigenvalue weighted by molar-refractivity contribution is 7.92. The molecule has 1 aliphatic carbocycles. The first-order valence-electron chi connectivity index (χ1n) is 11.0. The van der Waals surface area contributed by atoms with Gasteiger partial charge in [0.2, 0.25) is 0 Å². The maximum absolute atomic E-state index is 14.5. The number of aromatic nitrogens is 2. The number of hydrogen-bond acceptors (Lipinski definition) is 7. The van der Waals surface area contributed by atoms with Gasteiger partial charge in [-0.3, -0.25) is 0 Å². The highest BCUT2D eigenvalue weighted by Gasteiger charge is 2.58. The minimum absolute atomic E-state index is 0.0168. The van der Waals surface area contributed by atoms with Crippen molar-refractivity contribution in [1.29, 1.82) is 0 Å². The summed E-state index contributed by atoms with van der Waals surface area (Å²) in [5, 5.41) is 0. The number of nitrogens with zero attached hydrogens (tertiary/aromatic N) is 3. The average Bonchev–Trinajstić information content (AvgIpc) is 3.64. The Balaban J connectivity index is 1.67. The molecule has 2 heterocycles. The van der Waals surface area contributed by atoms with E-state index in [0.717, 1.165) is 18.2 Å². The molecule has 0 radical (unpaired) electrons. The molecule has 178 valence electrons. The Hall–Kier alpha value is -3.11. The Labute approximate surface area is 196 Å². The summed E-state index contributed by atoms with van der Waals surface area (Å²) in [7, 11) is -4.27. The summed E-state index contributed by atoms with van der Waals surface area (Å²) in [6.07, 6.45) is 0.503. The van der Waals surface area contributed by atoms with Crippen LogP contribution in [0, 0.1) is 11.6 Å². The standard InChI is InChI=1S/C24H24F2N4O3S/c1-15-14-33-11-10-30(15)22-13-21(28-23(29-22)16-2-5-18(27)6-3-16)24(8-9-24)34(31,32)20-12-17(25)4-7-19(20)26/h2-7,12-13,15H,8-11,14,27H2,1H3/t15-/m0/s1. The minimum Gasteiger partial charge on any atom is -0.399 e. The van der Waals surface area contributed by atoms with Gasteiger partial charge in [0.1, 0.15) is 27.1 Å². The van der Waals surface area contributed by atoms with Gasteiger partial charge in [-0.25, -0.2) is 27.2 Å². The van der Waals surface area contributed by atoms with Crippen molar-refractivity contribution in [1.82, 2.24) is 9.97 Å². The molecule has 2 aliphatic rings. The molecular weight excluding hydrogens is 462 g/mol. The zero-order chi connectivity index (χ0) is 24.1. The van der Waals surface area contributed by atoms with Gasteiger partial charge in [0.25, 0.3) is 0 Å². The topological polar surface area (TPSA) is 98.4 Å². The lowest BCUT2D eigenvalue weighted by Crippen LogP contribution is -2.44. The maximum atomic E-state index is 14.5. The zero-order valence-corrected chi connectivity index (χ0v) is 19.4. The first kappa shape index (κ1) is 22.7. The van der Waals surface area contributed by atoms with Crippen molar-refractivity contribution >= 4 is 21.3 Å². The van der Waals surface area contributed by atoms with Crippen molar-refractivity contribution in [2.75, 3.05) is 30.4 Å². The van der Waals surface area contributed by atoms with Gasteiger partial charge in [-0.05, 0) is 62.2 Å². The molecular formula is C24H24F2N4O3S. The van der Waals surface area contributed by atoms with Gasteiger partial charge in [-0.15, -0.1) is 0 Å². The molecule has 34 heavy (non-hydrogen) atoms. The van der Waals surface area contributed by atoms with Gasteiger partial charge >= 0.3 is 0 Å². The largest absolute Gasteiger partial charge is 0.399 e. The fraction of sp³-hybridized carbons (Fsp3) is 0.333. The van der Waals surface area contributed by atoms with Crippen LogP contribution in [-0.4, -0.2) is 44.2 Å². The summed E-state index contributed by atoms with van der Waals surface area (Å²) < 4.78 is 59.7. The van der Waals surface area contributed by atoms with E-state index in [1.54, 1.807) is 30.3 Å². The first-order valence-corrected chi connectivity index (χ1v) is 12.5. The Bertz CT molecular complexity index is 1340. The number of morpholine rings is 1. The molecule has 7 nitrogen and oxygen atoms in total. The predicted molar refractivity (Wildman–Crippen MR) is 124 cm³/mol. The van der Waals surface area contributed by atoms with E-state index in [2.05, 4.69) is 4.98 Å². The molecule has 1 aliphatic heterocycles. The molecule has 2 N–H and O–H groups in total. The average molecular weight is 487 g/mol. The number of halogens is 2. The molecule has 0 spiro atoms. The lowest BCUT2D eigenvalue weighted by atomic mass is 10.1. The van der Waals surface area contributed by atoms with Crippen LogP contribution in [0.4, 0.5) is 20.3 Å². The number of nitrogen functional groups attached to an aromatic ring is 1. The van der Waals surface area contributed by atoms with Crippen LogP contribution in [0.3, 0.4) is 0 Å². The number of ether oxygens (including phenoxy) is 1. The van der Waals surface area contributed by atoms with Gasteiger partial charge in [0, 0.05) is 23.9 Å². The van der Waals surface area contributed by atoms with Crippen molar-refractivity contribution < 1.29 is 21.9 Å². The molecule has 5 rings (SSSR count). The molecule has 0 unspecified atom stereocenters. The molecule has 3 aromatic rings. The Morgan fingerprint density at radius 1 is 1.09 bits per heavy atom. The van der Waals surface area contributed by atoms with Crippen LogP contribution >= 0.6 is 0 Å². The van der Waals surface area contributed by atoms with Crippen molar-refractivity contribution in [3.05, 3.63) is 65.9 Å². The minimum atomic E-state index is -4.27. The SMILES string of the molecule is C[C@H]1COCCN1c1cc(C2(S(=O)(=O)c3cc(F)ccc3F)CC2)nc(-c2ccc(N)cc2)n1. The number of hydrogen-bond donors (Lipinski definition) is 1. The number of nitrogens with two attached hydrogens (primary N) is 1. The van der Waals surface area contributed by atoms with Crippen LogP contribution in [0.5, 0.6) is 0 Å². The third kappa shape index (κ3) is 3.80. The van der Waals surface area contributed by atoms with Gasteiger partial charge in [-0.2, -0.15) is 0 Å². The molecule has 1 aromatic heterocycles. The highest BCUT2D eigenvalue weighted by Crippen LogP contribution is 2.55. The van der Waals surface area contributed by atoms with Crippen LogP contribution in [0.15, 0.2) is 53.4 Å². The fourth-order valence-electron chi connectivity index (χ4n) is 4.31. The Morgan fingerprint density at radius 3 is 2.50 bits per heavy atom. The highest BCUT2D eigenvalue weighted by atomic mass is 32.2. The van der Waals surface area contributed by atoms with E-state index in [1.807, 2.05) is 11.8 Å². The summed E-state index contributed by atoms with van der Waals surface area (Å²) in [6, 6.07) is 11.1. The number of sulfone groups is 1. The number of rotatable bonds is 5. The summed E-state index contributed by atoms with van der Waals surface area (Å²) in [5.41, 5.74) is 7.33. The number of anilines is 2. The van der Waals surface area contributed by atoms with Gasteiger partial charge in [0.15, 0.2) is 15.7 Å². The zero-order valence-electron chi connectivity index (χ0n) is 18.5. The monoisotopic (exact) mass is 486 g/mol. The molecule has 0 amide bonds. The Kier molecular flexibility index (Phi) is 5.52. The predicted octanol–water partition coefficient (Wildman–Crippen LogP) is 3.69. The van der Waals surface area contributed by atoms with Gasteiger partial charge in [0.05, 0.1) is 24.9 Å². The van der Waals surface area contributed by atoms with Crippen molar-refractivity contribution in [2.45, 2.75) is 35.4 Å². The molecule has 1 saturated carbocycles. The van der Waals surface area contributed by atoms with E-state index < -0.39 is 31.1 Å². The van der Waals surface area contributed by atoms with Crippen molar-refractivity contribution in [2.24, 2.45) is 0 Å². The normalized spacial score (nSPS) is 19.7. The van der Waals surface area contributed by atoms with Gasteiger partial charge in [-0.1, -0.05) is 0 Å². The maximum Gasteiger partial charge on any atom is 0.192 e. The van der Waals surface area contributed by atoms with E-state index in [1.165, 1.54) is 0 Å². The van der Waals surface area contributed by atoms with E-state index in [4.69, 9.17) is 15.5 Å². The second kappa shape index (κ2) is 8.28. The second-order valence-corrected chi connectivity index (χ2v) is 11.0. The molecule has 0 bridgehead atoms. The molecule has 2 fully saturated rings. The first-order chi connectivity index (χ1) is 16.2. The van der Waals surface area contributed by atoms with E-state index in [9.17, 15) is 17.2 Å². The van der Waals surface area contributed by atoms with Crippen LogP contribution in [-0.2, 0) is 19.3 Å². The van der Waals surface area contributed by atoms with Crippen molar-refractivity contribution in [3.63, 3.8) is 0 Å². The fourth-order valence-corrected chi connectivity index (χ4v) is 6.35. The third-order valence-electron chi connectivity index (χ3n) is 6.41. The molecule has 1 atom stereocenters. The number of benzene rings is 2. The van der Waals surface area contributed by atoms with E-state index in [0.29, 0.717) is 42.7 Å². The van der Waals surface area contributed by atoms with Crippen LogP contribution in [0.1, 0.15) is 25.5 Å². The van der Waals surface area contributed by atoms with E-state index in [-0.39, 0.29) is 24.6 Å². The summed E-state index contributed by atoms with van der Waals surface area (Å²) in [4.78, 5) is 10.7. The molecule has 10 heteroatoms. The Morgan fingerprint density at radius 2 is 1.82 bits per heavy atom. The lowest BCUT2D eigenvalue weighted by Gasteiger charge is -2.34. The van der Waals surface area contributed by atoms with Crippen LogP contribution in [0.2, 0.25) is 0 Å². The van der Waals surface area contributed by atoms with Crippen LogP contribution in [0.25, 0.3) is 11.4 Å². The third-order valence-corrected chi connectivity index (χ3v) is 8.95. The summed E-state index contributed by atoms with van der Waals surface area (Å²) in [5.74, 6) is -0.896. The van der Waals surface area contributed by atoms with Crippen molar-refractivity contribution in [3.8, 4) is 11.4 Å². The quantitative estimate of drug-likeness (QED) is 0.549. The second-order valence-electron chi connectivity index (χ2n) is 8.75. The summed E-state index contributed by atoms with van der Waals surface area (Å²) >= 11 is 0. The van der Waals surface area contributed by atoms with E-state index >= 15 is 0 Å². The summed E-state index contributed by atoms with van der Waals surface area (Å²) in [6.45, 7) is 3.60. The van der Waals surface area contributed by atoms with Gasteiger partial charge < -0.3 is 15.4 Å².